The van der Waals surface area contributed by atoms with Gasteiger partial charge in [0, 0.05) is 31.8 Å². The van der Waals surface area contributed by atoms with Gasteiger partial charge in [-0.05, 0) is 50.5 Å². The SMILES string of the molecule is CC(C)(CNC1CC1)CN1CCCC1CCCO. The fourth-order valence-corrected chi connectivity index (χ4v) is 3.07. The summed E-state index contributed by atoms with van der Waals surface area (Å²) in [7, 11) is 0. The molecule has 1 aliphatic heterocycles. The minimum atomic E-state index is 0.344. The molecule has 2 aliphatic rings. The average Bonchev–Trinajstić information content (AvgIpc) is 3.06. The molecule has 0 spiro atoms. The number of likely N-dealkylation sites (tertiary alicyclic amines) is 1. The maximum atomic E-state index is 8.97. The van der Waals surface area contributed by atoms with Crippen molar-refractivity contribution in [1.82, 2.24) is 10.2 Å². The second-order valence-electron chi connectivity index (χ2n) is 6.95. The number of aliphatic hydroxyl groups excluding tert-OH is 1. The molecule has 0 aromatic heterocycles. The molecule has 1 heterocycles. The van der Waals surface area contributed by atoms with E-state index < -0.39 is 0 Å². The molecule has 1 saturated heterocycles. The first-order valence-corrected chi connectivity index (χ1v) is 7.69. The first kappa shape index (κ1) is 14.3. The van der Waals surface area contributed by atoms with Crippen LogP contribution in [0.3, 0.4) is 0 Å². The summed E-state index contributed by atoms with van der Waals surface area (Å²) in [6, 6.07) is 1.53. The van der Waals surface area contributed by atoms with Gasteiger partial charge in [-0.25, -0.2) is 0 Å². The lowest BCUT2D eigenvalue weighted by Crippen LogP contribution is -2.43. The van der Waals surface area contributed by atoms with E-state index in [4.69, 9.17) is 5.11 Å². The van der Waals surface area contributed by atoms with Crippen molar-refractivity contribution in [3.05, 3.63) is 0 Å². The zero-order valence-electron chi connectivity index (χ0n) is 12.1. The van der Waals surface area contributed by atoms with Crippen LogP contribution in [0.4, 0.5) is 0 Å². The lowest BCUT2D eigenvalue weighted by atomic mass is 9.92. The van der Waals surface area contributed by atoms with E-state index in [-0.39, 0.29) is 0 Å². The molecule has 0 amide bonds. The lowest BCUT2D eigenvalue weighted by molar-refractivity contribution is 0.149. The van der Waals surface area contributed by atoms with Gasteiger partial charge in [0.05, 0.1) is 0 Å². The first-order valence-electron chi connectivity index (χ1n) is 7.69. The van der Waals surface area contributed by atoms with E-state index >= 15 is 0 Å². The second kappa shape index (κ2) is 6.36. The Hall–Kier alpha value is -0.120. The molecule has 2 N–H and O–H groups in total. The molecule has 18 heavy (non-hydrogen) atoms. The second-order valence-corrected chi connectivity index (χ2v) is 6.95. The quantitative estimate of drug-likeness (QED) is 0.695. The normalized spacial score (nSPS) is 25.8. The Bertz CT molecular complexity index is 251. The van der Waals surface area contributed by atoms with Crippen LogP contribution in [0.2, 0.25) is 0 Å². The van der Waals surface area contributed by atoms with Gasteiger partial charge in [-0.2, -0.15) is 0 Å². The third kappa shape index (κ3) is 4.52. The van der Waals surface area contributed by atoms with Gasteiger partial charge in [-0.3, -0.25) is 4.90 Å². The Labute approximate surface area is 112 Å². The highest BCUT2D eigenvalue weighted by molar-refractivity contribution is 4.88. The molecular formula is C15H30N2O. The van der Waals surface area contributed by atoms with Crippen molar-refractivity contribution in [2.24, 2.45) is 5.41 Å². The summed E-state index contributed by atoms with van der Waals surface area (Å²) in [6.07, 6.45) is 7.54. The van der Waals surface area contributed by atoms with Gasteiger partial charge < -0.3 is 10.4 Å². The van der Waals surface area contributed by atoms with Crippen molar-refractivity contribution >= 4 is 0 Å². The fraction of sp³-hybridized carbons (Fsp3) is 1.00. The van der Waals surface area contributed by atoms with E-state index in [0.717, 1.165) is 25.0 Å². The predicted molar refractivity (Wildman–Crippen MR) is 75.7 cm³/mol. The molecule has 2 rings (SSSR count). The molecule has 1 atom stereocenters. The molecule has 0 aromatic carbocycles. The number of hydrogen-bond donors (Lipinski definition) is 2. The molecular weight excluding hydrogens is 224 g/mol. The molecule has 3 nitrogen and oxygen atoms in total. The maximum absolute atomic E-state index is 8.97. The van der Waals surface area contributed by atoms with Crippen molar-refractivity contribution in [2.75, 3.05) is 26.2 Å². The number of nitrogens with zero attached hydrogens (tertiary/aromatic N) is 1. The van der Waals surface area contributed by atoms with E-state index in [1.165, 1.54) is 45.2 Å². The topological polar surface area (TPSA) is 35.5 Å². The summed E-state index contributed by atoms with van der Waals surface area (Å²) >= 11 is 0. The summed E-state index contributed by atoms with van der Waals surface area (Å²) in [5.41, 5.74) is 0.365. The van der Waals surface area contributed by atoms with E-state index in [9.17, 15) is 0 Å². The van der Waals surface area contributed by atoms with Gasteiger partial charge in [-0.1, -0.05) is 13.8 Å². The highest BCUT2D eigenvalue weighted by Crippen LogP contribution is 2.27. The third-order valence-corrected chi connectivity index (χ3v) is 4.27. The Balaban J connectivity index is 1.74. The summed E-state index contributed by atoms with van der Waals surface area (Å²) < 4.78 is 0. The van der Waals surface area contributed by atoms with Gasteiger partial charge in [0.25, 0.3) is 0 Å². The first-order chi connectivity index (χ1) is 8.61. The summed E-state index contributed by atoms with van der Waals surface area (Å²) in [6.45, 7) is 8.69. The van der Waals surface area contributed by atoms with Crippen LogP contribution in [0.1, 0.15) is 52.4 Å². The molecule has 106 valence electrons. The Kier molecular flexibility index (Phi) is 5.05. The van der Waals surface area contributed by atoms with Crippen LogP contribution < -0.4 is 5.32 Å². The maximum Gasteiger partial charge on any atom is 0.0431 e. The molecule has 3 heteroatoms. The molecule has 2 fully saturated rings. The summed E-state index contributed by atoms with van der Waals surface area (Å²) in [5.74, 6) is 0. The molecule has 1 aliphatic carbocycles. The Morgan fingerprint density at radius 3 is 2.72 bits per heavy atom. The van der Waals surface area contributed by atoms with Crippen LogP contribution in [0.15, 0.2) is 0 Å². The van der Waals surface area contributed by atoms with Crippen molar-refractivity contribution in [3.63, 3.8) is 0 Å². The smallest absolute Gasteiger partial charge is 0.0431 e. The van der Waals surface area contributed by atoms with Crippen molar-refractivity contribution < 1.29 is 5.11 Å². The van der Waals surface area contributed by atoms with E-state index in [1.807, 2.05) is 0 Å². The minimum Gasteiger partial charge on any atom is -0.396 e. The van der Waals surface area contributed by atoms with Gasteiger partial charge in [-0.15, -0.1) is 0 Å². The Morgan fingerprint density at radius 1 is 1.28 bits per heavy atom. The van der Waals surface area contributed by atoms with Crippen LogP contribution in [-0.2, 0) is 0 Å². The van der Waals surface area contributed by atoms with Crippen molar-refractivity contribution in [1.29, 1.82) is 0 Å². The zero-order chi connectivity index (χ0) is 13.0. The zero-order valence-corrected chi connectivity index (χ0v) is 12.1. The molecule has 0 aromatic rings. The van der Waals surface area contributed by atoms with E-state index in [0.29, 0.717) is 12.0 Å². The fourth-order valence-electron chi connectivity index (χ4n) is 3.07. The molecule has 1 saturated carbocycles. The van der Waals surface area contributed by atoms with Crippen molar-refractivity contribution in [3.8, 4) is 0 Å². The minimum absolute atomic E-state index is 0.344. The van der Waals surface area contributed by atoms with Crippen LogP contribution in [0.25, 0.3) is 0 Å². The Morgan fingerprint density at radius 2 is 2.06 bits per heavy atom. The number of nitrogens with one attached hydrogen (secondary N) is 1. The molecule has 1 unspecified atom stereocenters. The van der Waals surface area contributed by atoms with E-state index in [2.05, 4.69) is 24.1 Å². The molecule has 0 bridgehead atoms. The third-order valence-electron chi connectivity index (χ3n) is 4.27. The van der Waals surface area contributed by atoms with Crippen LogP contribution in [0.5, 0.6) is 0 Å². The molecule has 0 radical (unpaired) electrons. The monoisotopic (exact) mass is 254 g/mol. The number of rotatable bonds is 8. The average molecular weight is 254 g/mol. The van der Waals surface area contributed by atoms with Gasteiger partial charge in [0.2, 0.25) is 0 Å². The summed E-state index contributed by atoms with van der Waals surface area (Å²) in [4.78, 5) is 2.66. The number of hydrogen-bond acceptors (Lipinski definition) is 3. The summed E-state index contributed by atoms with van der Waals surface area (Å²) in [5, 5.41) is 12.6. The lowest BCUT2D eigenvalue weighted by Gasteiger charge is -2.34. The van der Waals surface area contributed by atoms with E-state index in [1.54, 1.807) is 0 Å². The van der Waals surface area contributed by atoms with Crippen LogP contribution in [0, 0.1) is 5.41 Å². The van der Waals surface area contributed by atoms with Crippen LogP contribution >= 0.6 is 0 Å². The van der Waals surface area contributed by atoms with Gasteiger partial charge >= 0.3 is 0 Å². The highest BCUT2D eigenvalue weighted by atomic mass is 16.2. The predicted octanol–water partition coefficient (Wildman–Crippen LogP) is 2.00. The largest absolute Gasteiger partial charge is 0.396 e. The standard InChI is InChI=1S/C15H30N2O/c1-15(2,11-16-13-7-8-13)12-17-9-3-5-14(17)6-4-10-18/h13-14,16,18H,3-12H2,1-2H3. The number of aliphatic hydroxyl groups is 1. The van der Waals surface area contributed by atoms with Crippen molar-refractivity contribution in [2.45, 2.75) is 64.5 Å². The van der Waals surface area contributed by atoms with Gasteiger partial charge in [0.1, 0.15) is 0 Å². The van der Waals surface area contributed by atoms with Gasteiger partial charge in [0.15, 0.2) is 0 Å². The highest BCUT2D eigenvalue weighted by Gasteiger charge is 2.31. The van der Waals surface area contributed by atoms with Crippen LogP contribution in [-0.4, -0.2) is 48.3 Å².